The van der Waals surface area contributed by atoms with Gasteiger partial charge >= 0.3 is 0 Å². The molecule has 0 aliphatic heterocycles. The Morgan fingerprint density at radius 3 is 0.820 bits per heavy atom. The molecule has 0 N–H and O–H groups in total. The van der Waals surface area contributed by atoms with E-state index in [-0.39, 0.29) is 0 Å². The van der Waals surface area contributed by atoms with E-state index in [1.54, 1.807) is 0 Å². The van der Waals surface area contributed by atoms with Gasteiger partial charge in [0.15, 0.2) is 23.0 Å². The average Bonchev–Trinajstić information content (AvgIpc) is 3.14. The van der Waals surface area contributed by atoms with Crippen molar-refractivity contribution in [2.24, 2.45) is 0 Å². The number of hydrogen-bond donors (Lipinski definition) is 0. The van der Waals surface area contributed by atoms with Gasteiger partial charge in [0.1, 0.15) is 12.1 Å². The van der Waals surface area contributed by atoms with Crippen molar-refractivity contribution in [2.75, 3.05) is 26.4 Å². The Kier molecular flexibility index (Phi) is 16.3. The number of nitrogens with zero attached hydrogens (tertiary/aromatic N) is 2. The highest BCUT2D eigenvalue weighted by atomic mass is 16.5. The zero-order chi connectivity index (χ0) is 35.6. The number of fused-ring (bicyclic) bond motifs is 6. The van der Waals surface area contributed by atoms with Crippen LogP contribution in [0.15, 0.2) is 36.4 Å². The first-order valence-corrected chi connectivity index (χ1v) is 19.5. The van der Waals surface area contributed by atoms with Gasteiger partial charge in [0.05, 0.1) is 37.6 Å². The van der Waals surface area contributed by atoms with Crippen LogP contribution in [0.3, 0.4) is 0 Å². The lowest BCUT2D eigenvalue weighted by Gasteiger charge is -2.19. The van der Waals surface area contributed by atoms with Crippen molar-refractivity contribution in [3.05, 3.63) is 47.5 Å². The smallest absolute Gasteiger partial charge is 0.161 e. The van der Waals surface area contributed by atoms with Crippen LogP contribution in [0.25, 0.3) is 32.3 Å². The molecule has 4 rings (SSSR count). The van der Waals surface area contributed by atoms with E-state index < -0.39 is 0 Å². The molecule has 6 heteroatoms. The van der Waals surface area contributed by atoms with E-state index in [1.165, 1.54) is 51.4 Å². The molecule has 0 aliphatic carbocycles. The summed E-state index contributed by atoms with van der Waals surface area (Å²) in [7, 11) is 0. The van der Waals surface area contributed by atoms with Crippen LogP contribution in [-0.4, -0.2) is 26.4 Å². The third kappa shape index (κ3) is 10.4. The number of hydrogen-bond acceptors (Lipinski definition) is 6. The summed E-state index contributed by atoms with van der Waals surface area (Å²) in [5, 5.41) is 25.8. The Morgan fingerprint density at radius 2 is 0.600 bits per heavy atom. The molecular formula is C44H58N2O4. The van der Waals surface area contributed by atoms with Crippen LogP contribution in [0.2, 0.25) is 0 Å². The standard InChI is InChI=1S/C44H58N2O4/c1-5-9-13-17-21-47-41-27-37-35-25-33(31-45)34(32-46)26-36(35)38-28-42(48-22-18-14-10-6-2)44(50-24-20-16-12-8-4)30-40(38)39(37)29-43(41)49-23-19-15-11-7-3/h25-30H,5-24H2,1-4H3. The summed E-state index contributed by atoms with van der Waals surface area (Å²) in [6, 6.07) is 16.6. The molecule has 0 bridgehead atoms. The summed E-state index contributed by atoms with van der Waals surface area (Å²) in [4.78, 5) is 0. The monoisotopic (exact) mass is 678 g/mol. The maximum Gasteiger partial charge on any atom is 0.161 e. The number of rotatable bonds is 24. The van der Waals surface area contributed by atoms with E-state index in [2.05, 4.69) is 64.1 Å². The van der Waals surface area contributed by atoms with E-state index in [0.29, 0.717) is 49.1 Å². The van der Waals surface area contributed by atoms with Gasteiger partial charge in [-0.25, -0.2) is 0 Å². The molecule has 6 nitrogen and oxygen atoms in total. The molecule has 0 saturated heterocycles. The molecule has 0 atom stereocenters. The van der Waals surface area contributed by atoms with Gasteiger partial charge < -0.3 is 18.9 Å². The lowest BCUT2D eigenvalue weighted by atomic mass is 9.91. The highest BCUT2D eigenvalue weighted by Gasteiger charge is 2.19. The van der Waals surface area contributed by atoms with Gasteiger partial charge in [-0.15, -0.1) is 0 Å². The lowest BCUT2D eigenvalue weighted by Crippen LogP contribution is -2.04. The van der Waals surface area contributed by atoms with Crippen molar-refractivity contribution in [2.45, 2.75) is 130 Å². The highest BCUT2D eigenvalue weighted by molar-refractivity contribution is 6.26. The van der Waals surface area contributed by atoms with Crippen LogP contribution < -0.4 is 18.9 Å². The first-order valence-electron chi connectivity index (χ1n) is 19.5. The Hall–Kier alpha value is -4.16. The molecule has 0 unspecified atom stereocenters. The van der Waals surface area contributed by atoms with Crippen LogP contribution in [0.4, 0.5) is 0 Å². The summed E-state index contributed by atoms with van der Waals surface area (Å²) >= 11 is 0. The molecule has 0 amide bonds. The fraction of sp³-hybridized carbons (Fsp3) is 0.545. The number of benzene rings is 4. The van der Waals surface area contributed by atoms with E-state index in [1.807, 2.05) is 12.1 Å². The zero-order valence-electron chi connectivity index (χ0n) is 31.1. The maximum atomic E-state index is 10.0. The number of unbranched alkanes of at least 4 members (excludes halogenated alkanes) is 12. The minimum absolute atomic E-state index is 0.360. The predicted molar refractivity (Wildman–Crippen MR) is 207 cm³/mol. The molecule has 0 aromatic heterocycles. The molecule has 268 valence electrons. The summed E-state index contributed by atoms with van der Waals surface area (Å²) in [5.41, 5.74) is 0.719. The van der Waals surface area contributed by atoms with Crippen LogP contribution in [-0.2, 0) is 0 Å². The third-order valence-corrected chi connectivity index (χ3v) is 9.46. The van der Waals surface area contributed by atoms with Crippen molar-refractivity contribution in [1.82, 2.24) is 0 Å². The Bertz CT molecular complexity index is 1620. The van der Waals surface area contributed by atoms with Gasteiger partial charge in [-0.2, -0.15) is 10.5 Å². The van der Waals surface area contributed by atoms with Crippen molar-refractivity contribution >= 4 is 32.3 Å². The molecule has 0 spiro atoms. The van der Waals surface area contributed by atoms with E-state index in [4.69, 9.17) is 18.9 Å². The quantitative estimate of drug-likeness (QED) is 0.0541. The third-order valence-electron chi connectivity index (χ3n) is 9.46. The van der Waals surface area contributed by atoms with E-state index in [9.17, 15) is 10.5 Å². The molecule has 0 heterocycles. The Balaban J connectivity index is 1.92. The van der Waals surface area contributed by atoms with Crippen LogP contribution >= 0.6 is 0 Å². The predicted octanol–water partition coefficient (Wildman–Crippen LogP) is 12.7. The second kappa shape index (κ2) is 21.1. The minimum Gasteiger partial charge on any atom is -0.490 e. The Labute approximate surface area is 300 Å². The van der Waals surface area contributed by atoms with Gasteiger partial charge in [0.2, 0.25) is 0 Å². The minimum atomic E-state index is 0.360. The second-order valence-corrected chi connectivity index (χ2v) is 13.5. The lowest BCUT2D eigenvalue weighted by molar-refractivity contribution is 0.259. The normalized spacial score (nSPS) is 11.2. The summed E-state index contributed by atoms with van der Waals surface area (Å²) in [6.45, 7) is 11.3. The van der Waals surface area contributed by atoms with Crippen molar-refractivity contribution in [3.63, 3.8) is 0 Å². The molecule has 4 aromatic rings. The SMILES string of the molecule is CCCCCCOc1cc2c3cc(C#N)c(C#N)cc3c3cc(OCCCCCC)c(OCCCCCC)cc3c2cc1OCCCCCC. The topological polar surface area (TPSA) is 84.5 Å². The van der Waals surface area contributed by atoms with Gasteiger partial charge in [0, 0.05) is 0 Å². The fourth-order valence-electron chi connectivity index (χ4n) is 6.54. The summed E-state index contributed by atoms with van der Waals surface area (Å²) < 4.78 is 25.8. The number of ether oxygens (including phenoxy) is 4. The van der Waals surface area contributed by atoms with E-state index >= 15 is 0 Å². The van der Waals surface area contributed by atoms with Crippen molar-refractivity contribution in [1.29, 1.82) is 10.5 Å². The summed E-state index contributed by atoms with van der Waals surface area (Å²) in [6.07, 6.45) is 17.9. The van der Waals surface area contributed by atoms with Crippen LogP contribution in [0, 0.1) is 22.7 Å². The first kappa shape index (κ1) is 38.6. The van der Waals surface area contributed by atoms with Crippen molar-refractivity contribution < 1.29 is 18.9 Å². The molecule has 0 saturated carbocycles. The molecule has 0 aliphatic rings. The molecule has 50 heavy (non-hydrogen) atoms. The van der Waals surface area contributed by atoms with Crippen LogP contribution in [0.1, 0.15) is 142 Å². The summed E-state index contributed by atoms with van der Waals surface area (Å²) in [5.74, 6) is 2.90. The van der Waals surface area contributed by atoms with Gasteiger partial charge in [-0.1, -0.05) is 105 Å². The highest BCUT2D eigenvalue weighted by Crippen LogP contribution is 2.45. The second-order valence-electron chi connectivity index (χ2n) is 13.5. The van der Waals surface area contributed by atoms with Crippen molar-refractivity contribution in [3.8, 4) is 35.1 Å². The zero-order valence-corrected chi connectivity index (χ0v) is 31.1. The molecular weight excluding hydrogens is 620 g/mol. The molecule has 4 aromatic carbocycles. The van der Waals surface area contributed by atoms with E-state index in [0.717, 1.165) is 95.2 Å². The largest absolute Gasteiger partial charge is 0.490 e. The van der Waals surface area contributed by atoms with Gasteiger partial charge in [0.25, 0.3) is 0 Å². The average molecular weight is 679 g/mol. The molecule has 0 radical (unpaired) electrons. The van der Waals surface area contributed by atoms with Gasteiger partial charge in [-0.05, 0) is 94.4 Å². The first-order chi connectivity index (χ1) is 24.6. The van der Waals surface area contributed by atoms with Gasteiger partial charge in [-0.3, -0.25) is 0 Å². The number of nitriles is 2. The van der Waals surface area contributed by atoms with Crippen LogP contribution in [0.5, 0.6) is 23.0 Å². The maximum absolute atomic E-state index is 10.0. The fourth-order valence-corrected chi connectivity index (χ4v) is 6.54. The Morgan fingerprint density at radius 1 is 0.360 bits per heavy atom. The molecule has 0 fully saturated rings.